The third-order valence-electron chi connectivity index (χ3n) is 4.09. The van der Waals surface area contributed by atoms with Crippen LogP contribution in [0.4, 0.5) is 4.39 Å². The number of rotatable bonds is 6. The molecule has 1 aromatic carbocycles. The molecule has 0 aliphatic carbocycles. The lowest BCUT2D eigenvalue weighted by molar-refractivity contribution is -0.130. The largest absolute Gasteiger partial charge is 0.481 e. The van der Waals surface area contributed by atoms with Crippen LogP contribution in [0.3, 0.4) is 0 Å². The standard InChI is InChI=1S/C17H20FN3O3/c1-3-14(21-10-4-5-15(21)22)17-20-19-16(24-17)11(2)23-13-8-6-12(18)7-9-13/h6-9,11,14H,3-5,10H2,1-2H3/t11-,14-/m1/s1. The average molecular weight is 333 g/mol. The van der Waals surface area contributed by atoms with E-state index in [9.17, 15) is 9.18 Å². The van der Waals surface area contributed by atoms with Gasteiger partial charge in [0.15, 0.2) is 6.10 Å². The summed E-state index contributed by atoms with van der Waals surface area (Å²) in [5, 5.41) is 8.13. The molecule has 0 N–H and O–H groups in total. The molecule has 1 fully saturated rings. The number of likely N-dealkylation sites (tertiary alicyclic amines) is 1. The summed E-state index contributed by atoms with van der Waals surface area (Å²) in [6.07, 6.45) is 1.67. The second-order valence-corrected chi connectivity index (χ2v) is 5.81. The zero-order valence-electron chi connectivity index (χ0n) is 13.7. The molecule has 0 saturated carbocycles. The van der Waals surface area contributed by atoms with Gasteiger partial charge in [0, 0.05) is 13.0 Å². The predicted molar refractivity (Wildman–Crippen MR) is 83.7 cm³/mol. The third kappa shape index (κ3) is 3.39. The highest BCUT2D eigenvalue weighted by Gasteiger charge is 2.32. The van der Waals surface area contributed by atoms with Gasteiger partial charge in [-0.05, 0) is 44.0 Å². The molecule has 0 spiro atoms. The van der Waals surface area contributed by atoms with E-state index in [4.69, 9.17) is 9.15 Å². The van der Waals surface area contributed by atoms with Crippen LogP contribution in [-0.4, -0.2) is 27.5 Å². The number of nitrogens with zero attached hydrogens (tertiary/aromatic N) is 3. The van der Waals surface area contributed by atoms with Crippen molar-refractivity contribution in [1.82, 2.24) is 15.1 Å². The van der Waals surface area contributed by atoms with E-state index in [1.807, 2.05) is 6.92 Å². The molecule has 0 bridgehead atoms. The maximum Gasteiger partial charge on any atom is 0.256 e. The number of hydrogen-bond acceptors (Lipinski definition) is 5. The lowest BCUT2D eigenvalue weighted by Gasteiger charge is -2.23. The summed E-state index contributed by atoms with van der Waals surface area (Å²) in [7, 11) is 0. The van der Waals surface area contributed by atoms with Crippen molar-refractivity contribution in [2.75, 3.05) is 6.54 Å². The van der Waals surface area contributed by atoms with E-state index in [1.54, 1.807) is 24.0 Å². The average Bonchev–Trinajstić information content (AvgIpc) is 3.21. The molecule has 1 amide bonds. The smallest absolute Gasteiger partial charge is 0.256 e. The van der Waals surface area contributed by atoms with Gasteiger partial charge in [0.05, 0.1) is 0 Å². The Bertz CT molecular complexity index is 701. The number of halogens is 1. The quantitative estimate of drug-likeness (QED) is 0.810. The minimum atomic E-state index is -0.469. The van der Waals surface area contributed by atoms with Gasteiger partial charge in [-0.2, -0.15) is 0 Å². The van der Waals surface area contributed by atoms with Crippen LogP contribution in [-0.2, 0) is 4.79 Å². The molecule has 24 heavy (non-hydrogen) atoms. The van der Waals surface area contributed by atoms with Gasteiger partial charge in [-0.3, -0.25) is 4.79 Å². The number of amides is 1. The van der Waals surface area contributed by atoms with Gasteiger partial charge in [-0.25, -0.2) is 4.39 Å². The topological polar surface area (TPSA) is 68.5 Å². The lowest BCUT2D eigenvalue weighted by atomic mass is 10.2. The first-order chi connectivity index (χ1) is 11.6. The summed E-state index contributed by atoms with van der Waals surface area (Å²) in [4.78, 5) is 13.7. The first-order valence-corrected chi connectivity index (χ1v) is 8.13. The maximum absolute atomic E-state index is 12.9. The van der Waals surface area contributed by atoms with Gasteiger partial charge in [0.2, 0.25) is 11.8 Å². The summed E-state index contributed by atoms with van der Waals surface area (Å²) in [5.41, 5.74) is 0. The zero-order chi connectivity index (χ0) is 17.1. The fourth-order valence-corrected chi connectivity index (χ4v) is 2.84. The number of carbonyl (C=O) groups excluding carboxylic acids is 1. The molecule has 0 unspecified atom stereocenters. The van der Waals surface area contributed by atoms with Gasteiger partial charge in [0.25, 0.3) is 5.89 Å². The molecule has 2 aromatic rings. The molecule has 1 aliphatic heterocycles. The third-order valence-corrected chi connectivity index (χ3v) is 4.09. The van der Waals surface area contributed by atoms with Crippen molar-refractivity contribution >= 4 is 5.91 Å². The Balaban J connectivity index is 1.71. The van der Waals surface area contributed by atoms with Crippen LogP contribution in [0.2, 0.25) is 0 Å². The monoisotopic (exact) mass is 333 g/mol. The van der Waals surface area contributed by atoms with Crippen molar-refractivity contribution in [1.29, 1.82) is 0 Å². The number of aromatic nitrogens is 2. The van der Waals surface area contributed by atoms with Crippen molar-refractivity contribution < 1.29 is 18.3 Å². The van der Waals surface area contributed by atoms with E-state index >= 15 is 0 Å². The van der Waals surface area contributed by atoms with E-state index in [-0.39, 0.29) is 17.8 Å². The Hall–Kier alpha value is -2.44. The SMILES string of the molecule is CC[C@H](c1nnc([C@@H](C)Oc2ccc(F)cc2)o1)N1CCCC1=O. The minimum absolute atomic E-state index is 0.122. The number of benzene rings is 1. The van der Waals surface area contributed by atoms with Gasteiger partial charge in [0.1, 0.15) is 17.6 Å². The number of hydrogen-bond donors (Lipinski definition) is 0. The zero-order valence-corrected chi connectivity index (χ0v) is 13.7. The van der Waals surface area contributed by atoms with E-state index in [0.717, 1.165) is 13.0 Å². The van der Waals surface area contributed by atoms with Gasteiger partial charge in [-0.1, -0.05) is 6.92 Å². The Kier molecular flexibility index (Phi) is 4.78. The van der Waals surface area contributed by atoms with E-state index in [1.165, 1.54) is 12.1 Å². The van der Waals surface area contributed by atoms with Crippen LogP contribution in [0.15, 0.2) is 28.7 Å². The summed E-state index contributed by atoms with van der Waals surface area (Å²) >= 11 is 0. The first-order valence-electron chi connectivity index (χ1n) is 8.13. The van der Waals surface area contributed by atoms with Crippen molar-refractivity contribution in [2.24, 2.45) is 0 Å². The Morgan fingerprint density at radius 1 is 1.29 bits per heavy atom. The van der Waals surface area contributed by atoms with Crippen LogP contribution in [0, 0.1) is 5.82 Å². The second-order valence-electron chi connectivity index (χ2n) is 5.81. The van der Waals surface area contributed by atoms with Crippen LogP contribution >= 0.6 is 0 Å². The summed E-state index contributed by atoms with van der Waals surface area (Å²) in [5.74, 6) is 1.08. The summed E-state index contributed by atoms with van der Waals surface area (Å²) < 4.78 is 24.4. The normalized spacial score (nSPS) is 17.1. The fourth-order valence-electron chi connectivity index (χ4n) is 2.84. The van der Waals surface area contributed by atoms with Crippen LogP contribution in [0.25, 0.3) is 0 Å². The van der Waals surface area contributed by atoms with Crippen molar-refractivity contribution in [3.8, 4) is 5.75 Å². The molecule has 3 rings (SSSR count). The molecule has 2 heterocycles. The Morgan fingerprint density at radius 3 is 2.62 bits per heavy atom. The molecule has 128 valence electrons. The molecule has 2 atom stereocenters. The molecule has 0 radical (unpaired) electrons. The van der Waals surface area contributed by atoms with Crippen molar-refractivity contribution in [3.63, 3.8) is 0 Å². The molecular formula is C17H20FN3O3. The highest BCUT2D eigenvalue weighted by Crippen LogP contribution is 2.29. The van der Waals surface area contributed by atoms with Crippen molar-refractivity contribution in [2.45, 2.75) is 45.3 Å². The number of carbonyl (C=O) groups is 1. The van der Waals surface area contributed by atoms with Crippen LogP contribution in [0.5, 0.6) is 5.75 Å². The summed E-state index contributed by atoms with van der Waals surface area (Å²) in [6, 6.07) is 5.54. The molecule has 1 aliphatic rings. The van der Waals surface area contributed by atoms with Gasteiger partial charge >= 0.3 is 0 Å². The highest BCUT2D eigenvalue weighted by molar-refractivity contribution is 5.78. The Morgan fingerprint density at radius 2 is 2.00 bits per heavy atom. The summed E-state index contributed by atoms with van der Waals surface area (Å²) in [6.45, 7) is 4.48. The minimum Gasteiger partial charge on any atom is -0.481 e. The fraction of sp³-hybridized carbons (Fsp3) is 0.471. The second kappa shape index (κ2) is 6.98. The van der Waals surface area contributed by atoms with Gasteiger partial charge < -0.3 is 14.1 Å². The maximum atomic E-state index is 12.9. The molecule has 7 heteroatoms. The molecular weight excluding hydrogens is 313 g/mol. The first kappa shape index (κ1) is 16.4. The molecule has 1 saturated heterocycles. The van der Waals surface area contributed by atoms with Crippen molar-refractivity contribution in [3.05, 3.63) is 41.9 Å². The highest BCUT2D eigenvalue weighted by atomic mass is 19.1. The molecule has 6 nitrogen and oxygen atoms in total. The number of ether oxygens (including phenoxy) is 1. The van der Waals surface area contributed by atoms with Gasteiger partial charge in [-0.15, -0.1) is 10.2 Å². The molecule has 1 aromatic heterocycles. The predicted octanol–water partition coefficient (Wildman–Crippen LogP) is 3.42. The van der Waals surface area contributed by atoms with E-state index in [2.05, 4.69) is 10.2 Å². The van der Waals surface area contributed by atoms with E-state index < -0.39 is 6.10 Å². The van der Waals surface area contributed by atoms with E-state index in [0.29, 0.717) is 30.4 Å². The van der Waals surface area contributed by atoms with Crippen LogP contribution < -0.4 is 4.74 Å². The Labute approximate surface area is 139 Å². The van der Waals surface area contributed by atoms with Crippen LogP contribution in [0.1, 0.15) is 57.0 Å². The lowest BCUT2D eigenvalue weighted by Crippen LogP contribution is -2.29.